The predicted octanol–water partition coefficient (Wildman–Crippen LogP) is 8.71. The molecule has 0 heterocycles. The molecule has 1 atom stereocenters. The third-order valence-electron chi connectivity index (χ3n) is 9.96. The number of rotatable bonds is 44. The highest BCUT2D eigenvalue weighted by molar-refractivity contribution is 5.89. The Morgan fingerprint density at radius 3 is 1.54 bits per heavy atom. The van der Waals surface area contributed by atoms with Crippen molar-refractivity contribution in [2.45, 2.75) is 188 Å². The summed E-state index contributed by atoms with van der Waals surface area (Å²) in [5, 5.41) is 8.81. The number of aliphatic carboxylic acids is 1. The summed E-state index contributed by atoms with van der Waals surface area (Å²) in [6.07, 6.45) is 16.0. The Balaban J connectivity index is 4.77. The van der Waals surface area contributed by atoms with Crippen LogP contribution in [-0.2, 0) is 61.8 Å². The van der Waals surface area contributed by atoms with Gasteiger partial charge in [-0.3, -0.25) is 29.0 Å². The van der Waals surface area contributed by atoms with Gasteiger partial charge in [0.1, 0.15) is 30.5 Å². The minimum atomic E-state index is -0.905. The second-order valence-electron chi connectivity index (χ2n) is 19.0. The molecule has 18 heteroatoms. The second-order valence-corrected chi connectivity index (χ2v) is 19.0. The van der Waals surface area contributed by atoms with E-state index >= 15 is 0 Å². The van der Waals surface area contributed by atoms with Crippen molar-refractivity contribution in [2.24, 2.45) is 0 Å². The van der Waals surface area contributed by atoms with E-state index in [2.05, 4.69) is 6.92 Å². The van der Waals surface area contributed by atoms with Gasteiger partial charge >= 0.3 is 30.1 Å². The molecule has 0 aromatic carbocycles. The van der Waals surface area contributed by atoms with Gasteiger partial charge in [-0.15, -0.1) is 0 Å². The van der Waals surface area contributed by atoms with Gasteiger partial charge in [-0.2, -0.15) is 0 Å². The molecule has 68 heavy (non-hydrogen) atoms. The summed E-state index contributed by atoms with van der Waals surface area (Å²) < 4.78 is 50.1. The van der Waals surface area contributed by atoms with Crippen molar-refractivity contribution < 1.29 is 76.5 Å². The topological polar surface area (TPSA) is 212 Å². The zero-order chi connectivity index (χ0) is 50.9. The first-order chi connectivity index (χ1) is 32.4. The first-order valence-corrected chi connectivity index (χ1v) is 25.2. The number of carboxylic acid groups (broad SMARTS) is 1. The van der Waals surface area contributed by atoms with Crippen molar-refractivity contribution in [3.63, 3.8) is 0 Å². The van der Waals surface area contributed by atoms with E-state index in [9.17, 15) is 28.8 Å². The Morgan fingerprint density at radius 1 is 0.485 bits per heavy atom. The number of carbonyl (C=O) groups is 6. The number of nitrogens with zero attached hydrogens (tertiary/aromatic N) is 2. The number of methoxy groups -OCH3 is 1. The highest BCUT2D eigenvalue weighted by atomic mass is 16.6. The van der Waals surface area contributed by atoms with E-state index < -0.39 is 54.2 Å². The van der Waals surface area contributed by atoms with Crippen molar-refractivity contribution in [3.8, 4) is 0 Å². The Kier molecular flexibility index (Phi) is 39.1. The maximum Gasteiger partial charge on any atom is 0.411 e. The van der Waals surface area contributed by atoms with Crippen LogP contribution in [0.1, 0.15) is 170 Å². The second kappa shape index (κ2) is 41.2. The quantitative estimate of drug-likeness (QED) is 0.0343. The maximum absolute atomic E-state index is 13.1. The molecule has 398 valence electrons. The Labute approximate surface area is 408 Å². The predicted molar refractivity (Wildman–Crippen MR) is 258 cm³/mol. The molecule has 0 bridgehead atoms. The van der Waals surface area contributed by atoms with E-state index in [0.29, 0.717) is 39.3 Å². The number of amides is 2. The number of esters is 2. The fraction of sp³-hybridized carbons (Fsp3) is 0.880. The monoisotopic (exact) mass is 977 g/mol. The lowest BCUT2D eigenvalue weighted by molar-refractivity contribution is -0.147. The lowest BCUT2D eigenvalue weighted by atomic mass is 10.1. The zero-order valence-corrected chi connectivity index (χ0v) is 43.4. The van der Waals surface area contributed by atoms with E-state index in [-0.39, 0.29) is 71.2 Å². The summed E-state index contributed by atoms with van der Waals surface area (Å²) in [6.45, 7) is 13.7. The van der Waals surface area contributed by atoms with E-state index in [0.717, 1.165) is 75.5 Å². The van der Waals surface area contributed by atoms with E-state index in [1.807, 2.05) is 0 Å². The zero-order valence-electron chi connectivity index (χ0n) is 43.4. The summed E-state index contributed by atoms with van der Waals surface area (Å²) in [5.41, 5.74) is -1.70. The molecular formula is C50H92N2O16. The number of hydrogen-bond acceptors (Lipinski definition) is 15. The number of Topliss-reactive ketones (excluding diaryl/α,β-unsaturated/α-hetero) is 1. The van der Waals surface area contributed by atoms with Crippen LogP contribution in [0.3, 0.4) is 0 Å². The fourth-order valence-electron chi connectivity index (χ4n) is 6.44. The number of ketones is 1. The van der Waals surface area contributed by atoms with Gasteiger partial charge in [0, 0.05) is 39.7 Å². The molecule has 0 aliphatic carbocycles. The van der Waals surface area contributed by atoms with Crippen molar-refractivity contribution >= 4 is 35.9 Å². The van der Waals surface area contributed by atoms with Crippen LogP contribution in [0.15, 0.2) is 0 Å². The molecule has 0 rings (SSSR count). The van der Waals surface area contributed by atoms with E-state index in [1.54, 1.807) is 41.5 Å². The van der Waals surface area contributed by atoms with Gasteiger partial charge in [0.15, 0.2) is 5.78 Å². The fourth-order valence-corrected chi connectivity index (χ4v) is 6.44. The summed E-state index contributed by atoms with van der Waals surface area (Å²) in [4.78, 5) is 76.6. The van der Waals surface area contributed by atoms with Crippen LogP contribution in [-0.4, -0.2) is 167 Å². The van der Waals surface area contributed by atoms with Crippen LogP contribution in [0.4, 0.5) is 9.59 Å². The van der Waals surface area contributed by atoms with Gasteiger partial charge in [0.05, 0.1) is 59.3 Å². The van der Waals surface area contributed by atoms with Gasteiger partial charge in [0.2, 0.25) is 0 Å². The minimum absolute atomic E-state index is 0.0601. The van der Waals surface area contributed by atoms with Crippen molar-refractivity contribution in [2.75, 3.05) is 99.4 Å². The molecule has 0 aromatic rings. The number of carbonyl (C=O) groups excluding carboxylic acids is 5. The maximum atomic E-state index is 13.1. The molecule has 0 radical (unpaired) electrons. The standard InChI is InChI=1S/C50H92N2O16/c1-9-10-11-12-13-19-25-31-65-45(56)27-22-17-15-20-24-30-64-43(40-62-29-23-18-14-16-21-26-44(54)55)41-63-34-33-61-35-36-66-46(57)39-52(48(59)68-50(5,6)7)38-42(53)37-51(28-32-60-8)47(58)67-49(2,3)4/h43H,9-41H2,1-8H3,(H,54,55). The van der Waals surface area contributed by atoms with Crippen LogP contribution in [0, 0.1) is 0 Å². The van der Waals surface area contributed by atoms with Crippen LogP contribution in [0.2, 0.25) is 0 Å². The molecule has 0 saturated heterocycles. The molecule has 0 aliphatic rings. The lowest BCUT2D eigenvalue weighted by Gasteiger charge is -2.29. The van der Waals surface area contributed by atoms with Gasteiger partial charge in [-0.25, -0.2) is 9.59 Å². The summed E-state index contributed by atoms with van der Waals surface area (Å²) in [7, 11) is 1.46. The molecule has 0 aliphatic heterocycles. The van der Waals surface area contributed by atoms with Gasteiger partial charge in [0.25, 0.3) is 0 Å². The normalized spacial score (nSPS) is 12.1. The van der Waals surface area contributed by atoms with Gasteiger partial charge in [-0.1, -0.05) is 84.0 Å². The first kappa shape index (κ1) is 64.4. The van der Waals surface area contributed by atoms with Gasteiger partial charge in [-0.05, 0) is 73.6 Å². The average molecular weight is 977 g/mol. The summed E-state index contributed by atoms with van der Waals surface area (Å²) in [5.74, 6) is -2.19. The third kappa shape index (κ3) is 42.5. The molecular weight excluding hydrogens is 885 g/mol. The highest BCUT2D eigenvalue weighted by Gasteiger charge is 2.29. The molecule has 0 spiro atoms. The van der Waals surface area contributed by atoms with Crippen molar-refractivity contribution in [1.82, 2.24) is 9.80 Å². The summed E-state index contributed by atoms with van der Waals surface area (Å²) in [6, 6.07) is 0. The van der Waals surface area contributed by atoms with Crippen molar-refractivity contribution in [1.29, 1.82) is 0 Å². The smallest absolute Gasteiger partial charge is 0.411 e. The summed E-state index contributed by atoms with van der Waals surface area (Å²) >= 11 is 0. The van der Waals surface area contributed by atoms with Crippen LogP contribution >= 0.6 is 0 Å². The Hall–Kier alpha value is -3.58. The van der Waals surface area contributed by atoms with E-state index in [1.165, 1.54) is 44.1 Å². The average Bonchev–Trinajstić information content (AvgIpc) is 3.25. The Bertz CT molecular complexity index is 1340. The Morgan fingerprint density at radius 2 is 0.956 bits per heavy atom. The minimum Gasteiger partial charge on any atom is -0.481 e. The lowest BCUT2D eigenvalue weighted by Crippen LogP contribution is -2.47. The number of hydrogen-bond donors (Lipinski definition) is 1. The van der Waals surface area contributed by atoms with Crippen LogP contribution in [0.25, 0.3) is 0 Å². The number of carboxylic acids is 1. The number of unbranched alkanes of at least 4 members (excludes halogenated alkanes) is 14. The first-order valence-electron chi connectivity index (χ1n) is 25.2. The van der Waals surface area contributed by atoms with E-state index in [4.69, 9.17) is 47.7 Å². The molecule has 1 N–H and O–H groups in total. The van der Waals surface area contributed by atoms with Crippen LogP contribution in [0.5, 0.6) is 0 Å². The molecule has 18 nitrogen and oxygen atoms in total. The van der Waals surface area contributed by atoms with Crippen LogP contribution < -0.4 is 0 Å². The highest BCUT2D eigenvalue weighted by Crippen LogP contribution is 2.14. The van der Waals surface area contributed by atoms with Crippen molar-refractivity contribution in [3.05, 3.63) is 0 Å². The molecule has 1 unspecified atom stereocenters. The molecule has 0 fully saturated rings. The van der Waals surface area contributed by atoms with Gasteiger partial charge < -0.3 is 47.7 Å². The third-order valence-corrected chi connectivity index (χ3v) is 9.96. The molecule has 2 amide bonds. The largest absolute Gasteiger partial charge is 0.481 e. The molecule has 0 saturated carbocycles. The SMILES string of the molecule is CCCCCCCCCOC(=O)CCCCCCCOC(COCCCCCCCC(=O)O)COCCOCCOC(=O)CN(CC(=O)CN(CCOC)C(=O)OC(C)(C)C)C(=O)OC(C)(C)C. The number of ether oxygens (including phenoxy) is 9. The molecule has 0 aromatic heterocycles.